The van der Waals surface area contributed by atoms with Gasteiger partial charge in [-0.05, 0) is 51.9 Å². The average molecular weight is 584 g/mol. The Morgan fingerprint density at radius 3 is 2.41 bits per heavy atom. The number of rotatable bonds is 7. The third-order valence-corrected chi connectivity index (χ3v) is 8.26. The van der Waals surface area contributed by atoms with Crippen molar-refractivity contribution in [3.63, 3.8) is 0 Å². The number of aliphatic hydroxyl groups excluding tert-OH is 2. The van der Waals surface area contributed by atoms with Crippen molar-refractivity contribution in [3.8, 4) is 5.75 Å². The Labute approximate surface area is 233 Å². The van der Waals surface area contributed by atoms with Crippen LogP contribution in [0.5, 0.6) is 5.75 Å². The van der Waals surface area contributed by atoms with Crippen molar-refractivity contribution in [1.29, 1.82) is 0 Å². The summed E-state index contributed by atoms with van der Waals surface area (Å²) in [5, 5.41) is 44.9. The van der Waals surface area contributed by atoms with Gasteiger partial charge >= 0.3 is 6.18 Å². The quantitative estimate of drug-likeness (QED) is 0.308. The third-order valence-electron chi connectivity index (χ3n) is 8.26. The van der Waals surface area contributed by atoms with Crippen molar-refractivity contribution in [2.75, 3.05) is 27.2 Å². The third kappa shape index (κ3) is 4.89. The molecule has 224 valence electrons. The van der Waals surface area contributed by atoms with Crippen LogP contribution >= 0.6 is 0 Å². The van der Waals surface area contributed by atoms with Crippen LogP contribution in [0, 0.1) is 17.7 Å². The molecule has 1 amide bonds. The molecule has 6 N–H and O–H groups in total. The first kappa shape index (κ1) is 30.5. The van der Waals surface area contributed by atoms with Gasteiger partial charge in [-0.15, -0.1) is 0 Å². The number of aromatic hydroxyl groups is 1. The van der Waals surface area contributed by atoms with Gasteiger partial charge in [-0.2, -0.15) is 13.2 Å². The molecule has 0 heterocycles. The highest BCUT2D eigenvalue weighted by molar-refractivity contribution is 6.13. The van der Waals surface area contributed by atoms with E-state index in [4.69, 9.17) is 5.73 Å². The number of hydrogen-bond acceptors (Lipinski definition) is 8. The summed E-state index contributed by atoms with van der Waals surface area (Å²) < 4.78 is 55.2. The second-order valence-corrected chi connectivity index (χ2v) is 11.2. The summed E-state index contributed by atoms with van der Waals surface area (Å²) in [4.78, 5) is 28.3. The smallest absolute Gasteiger partial charge is 0.401 e. The number of Topliss-reactive ketones (excluding diaryl/α,β-unsaturated/α-hetero) is 1. The van der Waals surface area contributed by atoms with Gasteiger partial charge in [0.25, 0.3) is 5.91 Å². The number of nitrogens with zero attached hydrogens (tertiary/aromatic N) is 2. The minimum absolute atomic E-state index is 0.0134. The first-order valence-corrected chi connectivity index (χ1v) is 13.1. The number of halogens is 4. The van der Waals surface area contributed by atoms with E-state index in [9.17, 15) is 43.2 Å². The van der Waals surface area contributed by atoms with Crippen LogP contribution < -0.4 is 5.73 Å². The largest absolute Gasteiger partial charge is 0.510 e. The minimum Gasteiger partial charge on any atom is -0.510 e. The summed E-state index contributed by atoms with van der Waals surface area (Å²) in [7, 11) is 3.11. The van der Waals surface area contributed by atoms with Crippen molar-refractivity contribution in [1.82, 2.24) is 9.80 Å². The Bertz CT molecular complexity index is 1390. The molecule has 4 rings (SSSR count). The number of fused-ring (bicyclic) bond motifs is 3. The predicted molar refractivity (Wildman–Crippen MR) is 139 cm³/mol. The van der Waals surface area contributed by atoms with Gasteiger partial charge in [0.15, 0.2) is 11.4 Å². The maximum absolute atomic E-state index is 15.9. The van der Waals surface area contributed by atoms with Crippen molar-refractivity contribution in [2.45, 2.75) is 50.6 Å². The Balaban J connectivity index is 1.84. The van der Waals surface area contributed by atoms with Crippen molar-refractivity contribution in [3.05, 3.63) is 63.4 Å². The zero-order chi connectivity index (χ0) is 30.8. The summed E-state index contributed by atoms with van der Waals surface area (Å²) in [6, 6.07) is -0.153. The number of likely N-dealkylation sites (N-methyl/N-ethyl adjacent to an activating group) is 1. The highest BCUT2D eigenvalue weighted by Gasteiger charge is 2.60. The van der Waals surface area contributed by atoms with Gasteiger partial charge in [-0.25, -0.2) is 4.39 Å². The van der Waals surface area contributed by atoms with Crippen LogP contribution in [0.1, 0.15) is 41.3 Å². The minimum atomic E-state index is -4.53. The summed E-state index contributed by atoms with van der Waals surface area (Å²) in [6.45, 7) is 3.63. The molecule has 0 bridgehead atoms. The SMILES string of the molecule is C=C1C(C(N)=O)=C(O)[C@@H](N(C)C)[C@@H]2C[C@@H]3Cc4c(F)c(CN(CCC)CC(F)(F)F)cc(O)c4C(=O)C3=C(O)[C@]12O. The van der Waals surface area contributed by atoms with E-state index >= 15 is 4.39 Å². The van der Waals surface area contributed by atoms with Gasteiger partial charge in [-0.3, -0.25) is 19.4 Å². The molecule has 0 saturated carbocycles. The number of allylic oxidation sites excluding steroid dienone is 1. The number of carbonyl (C=O) groups is 2. The van der Waals surface area contributed by atoms with Crippen LogP contribution in [0.15, 0.2) is 40.9 Å². The van der Waals surface area contributed by atoms with Crippen molar-refractivity contribution in [2.24, 2.45) is 17.6 Å². The monoisotopic (exact) mass is 583 g/mol. The zero-order valence-corrected chi connectivity index (χ0v) is 22.8. The topological polar surface area (TPSA) is 148 Å². The molecule has 13 heteroatoms. The number of phenolic OH excluding ortho intramolecular Hbond substituents is 1. The summed E-state index contributed by atoms with van der Waals surface area (Å²) in [5.74, 6) is -6.98. The molecule has 1 aromatic rings. The molecule has 3 aliphatic carbocycles. The highest BCUT2D eigenvalue weighted by Crippen LogP contribution is 2.55. The molecule has 0 saturated heterocycles. The molecule has 0 fully saturated rings. The fourth-order valence-electron chi connectivity index (χ4n) is 6.66. The van der Waals surface area contributed by atoms with Crippen LogP contribution in [0.2, 0.25) is 0 Å². The van der Waals surface area contributed by atoms with Crippen molar-refractivity contribution >= 4 is 11.7 Å². The Morgan fingerprint density at radius 1 is 1.24 bits per heavy atom. The summed E-state index contributed by atoms with van der Waals surface area (Å²) in [5.41, 5.74) is 0.935. The van der Waals surface area contributed by atoms with Crippen LogP contribution in [-0.2, 0) is 17.8 Å². The Kier molecular flexibility index (Phi) is 7.78. The number of alkyl halides is 3. The molecule has 0 spiro atoms. The predicted octanol–water partition coefficient (Wildman–Crippen LogP) is 3.02. The number of aliphatic hydroxyl groups is 3. The maximum atomic E-state index is 15.9. The fraction of sp³-hybridized carbons (Fsp3) is 0.500. The lowest BCUT2D eigenvalue weighted by molar-refractivity contribution is -0.147. The molecule has 3 aliphatic rings. The zero-order valence-electron chi connectivity index (χ0n) is 22.8. The second kappa shape index (κ2) is 10.4. The first-order valence-electron chi connectivity index (χ1n) is 13.1. The molecule has 41 heavy (non-hydrogen) atoms. The number of phenols is 1. The molecule has 0 unspecified atom stereocenters. The number of amides is 1. The lowest BCUT2D eigenvalue weighted by atomic mass is 9.57. The van der Waals surface area contributed by atoms with Crippen LogP contribution in [0.4, 0.5) is 17.6 Å². The Morgan fingerprint density at radius 2 is 1.88 bits per heavy atom. The Hall–Kier alpha value is -3.42. The van der Waals surface area contributed by atoms with E-state index in [2.05, 4.69) is 6.58 Å². The molecule has 9 nitrogen and oxygen atoms in total. The van der Waals surface area contributed by atoms with E-state index in [1.807, 2.05) is 0 Å². The van der Waals surface area contributed by atoms with Crippen LogP contribution in [-0.4, -0.2) is 86.9 Å². The molecular weight excluding hydrogens is 550 g/mol. The highest BCUT2D eigenvalue weighted by atomic mass is 19.4. The number of ketones is 1. The molecular formula is C28H33F4N3O6. The lowest BCUT2D eigenvalue weighted by Crippen LogP contribution is -2.60. The van der Waals surface area contributed by atoms with Gasteiger partial charge < -0.3 is 26.2 Å². The fourth-order valence-corrected chi connectivity index (χ4v) is 6.66. The van der Waals surface area contributed by atoms with E-state index in [1.54, 1.807) is 21.0 Å². The number of benzene rings is 1. The van der Waals surface area contributed by atoms with E-state index < -0.39 is 94.2 Å². The van der Waals surface area contributed by atoms with E-state index in [-0.39, 0.29) is 36.1 Å². The normalized spacial score (nSPS) is 26.4. The van der Waals surface area contributed by atoms with Gasteiger partial charge in [0.1, 0.15) is 23.1 Å². The molecule has 1 aromatic carbocycles. The summed E-state index contributed by atoms with van der Waals surface area (Å²) >= 11 is 0. The second-order valence-electron chi connectivity index (χ2n) is 11.2. The molecule has 0 aliphatic heterocycles. The maximum Gasteiger partial charge on any atom is 0.401 e. The first-order chi connectivity index (χ1) is 18.9. The molecule has 0 aromatic heterocycles. The van der Waals surface area contributed by atoms with Gasteiger partial charge in [0.2, 0.25) is 0 Å². The lowest BCUT2D eigenvalue weighted by Gasteiger charge is -2.52. The van der Waals surface area contributed by atoms with Gasteiger partial charge in [-0.1, -0.05) is 13.5 Å². The van der Waals surface area contributed by atoms with E-state index in [0.29, 0.717) is 6.42 Å². The molecule has 0 radical (unpaired) electrons. The standard InChI is InChI=1S/C28H33F4N3O6/c1-5-6-35(11-27(30,31)32)10-14-9-17(36)20-15(21(14)29)7-13-8-16-22(34(3)4)24(38)18(26(33)40)12(2)28(16,41)25(39)19(13)23(20)37/h9,13,16,22,36,38-39,41H,2,5-8,10-11H2,1,3-4H3,(H2,33,40)/t13-,16-,22-,28-/m0/s1. The number of nitrogens with two attached hydrogens (primary N) is 1. The van der Waals surface area contributed by atoms with Crippen molar-refractivity contribution < 1.29 is 47.6 Å². The van der Waals surface area contributed by atoms with E-state index in [0.717, 1.165) is 11.0 Å². The molecule has 4 atom stereocenters. The van der Waals surface area contributed by atoms with Crippen LogP contribution in [0.25, 0.3) is 0 Å². The average Bonchev–Trinajstić information content (AvgIpc) is 2.83. The number of primary amides is 1. The van der Waals surface area contributed by atoms with Crippen LogP contribution in [0.3, 0.4) is 0 Å². The van der Waals surface area contributed by atoms with Gasteiger partial charge in [0, 0.05) is 34.7 Å². The number of carbonyl (C=O) groups excluding carboxylic acids is 2. The van der Waals surface area contributed by atoms with Gasteiger partial charge in [0.05, 0.1) is 23.7 Å². The number of hydrogen-bond donors (Lipinski definition) is 5. The summed E-state index contributed by atoms with van der Waals surface area (Å²) in [6.07, 6.45) is -4.48. The van der Waals surface area contributed by atoms with E-state index in [1.165, 1.54) is 4.90 Å².